The van der Waals surface area contributed by atoms with E-state index in [4.69, 9.17) is 63.1 Å². The van der Waals surface area contributed by atoms with Crippen molar-refractivity contribution < 1.29 is 166 Å². The van der Waals surface area contributed by atoms with E-state index >= 15 is 0 Å². The third-order valence-electron chi connectivity index (χ3n) is 21.6. The molecule has 44 heteroatoms. The maximum Gasteiger partial charge on any atom is 0.474 e. The minimum Gasteiger partial charge on any atom is -0.481 e. The van der Waals surface area contributed by atoms with Crippen LogP contribution in [-0.2, 0) is 80.2 Å². The molecule has 19 N–H and O–H groups in total. The second kappa shape index (κ2) is 44.6. The van der Waals surface area contributed by atoms with Gasteiger partial charge in [-0.1, -0.05) is 73.1 Å². The predicted molar refractivity (Wildman–Crippen MR) is 420 cm³/mol. The summed E-state index contributed by atoms with van der Waals surface area (Å²) in [5.74, 6) is -11.6. The number of nitrogens with one attached hydrogen (secondary N) is 2. The van der Waals surface area contributed by atoms with Crippen molar-refractivity contribution in [2.45, 2.75) is 286 Å². The average Bonchev–Trinajstić information content (AvgIpc) is 0.911. The van der Waals surface area contributed by atoms with E-state index in [1.165, 1.54) is 18.1 Å². The molecule has 2 aromatic rings. The molecule has 0 bridgehead atoms. The molecule has 4 amide bonds. The second-order valence-corrected chi connectivity index (χ2v) is 33.7. The molecule has 5 aliphatic rings. The number of carboxylic acid groups (broad SMARTS) is 2. The van der Waals surface area contributed by atoms with Crippen molar-refractivity contribution in [3.8, 4) is 5.69 Å². The van der Waals surface area contributed by atoms with Crippen molar-refractivity contribution >= 4 is 61.3 Å². The standard InChI is InChI=1S/C78H115N8O35P/c1-36(2)15-14-17-37(3)18-19-39(5)24-27-77(9,10)26-13-12-16-38(4)25-28-111-51(72(103)104)35-113-122(109,110)121-75-66(67(120-76(80)105)78(11,106)68(119-75)69(79)102)115-49-31-45(34-112-50-30-44(33-88)55(94)59(98)56(50)95)64(57(96)53(49)81-41(7)89)117-73-54(82-42(8)90)58(97)63(40(6)114-73)116-74-62(101)60(99)61(100)65(118-74)71-83-70(48(91)22-23-52(92)93)84-85(71)47-21-20-46(86(107)108)29-43(47)32-87/h13,15,18,20-21,25-26,29,32,40,44-45,49-51,53-68,73-75,88,94-101,106H,5,12,14,16-17,19,22-24,27-28,30-31,33-35H2,1-4,6-11H3,(H2,79,102)(H2,80,105)(H,81,89)(H,82,90)(H,92,93)(H,103,104)(H,109,110)/b26-13+,37-18+,38-25+. The highest BCUT2D eigenvalue weighted by atomic mass is 31.2. The molecule has 1 aromatic carbocycles. The average molecular weight is 1760 g/mol. The number of primary amides is 2. The summed E-state index contributed by atoms with van der Waals surface area (Å²) in [4.78, 5) is 129. The number of hydrogen-bond donors (Lipinski definition) is 17. The van der Waals surface area contributed by atoms with Crippen LogP contribution in [0.25, 0.3) is 5.69 Å². The first-order valence-electron chi connectivity index (χ1n) is 39.5. The first-order chi connectivity index (χ1) is 57.1. The van der Waals surface area contributed by atoms with Crippen molar-refractivity contribution in [3.63, 3.8) is 0 Å². The van der Waals surface area contributed by atoms with Crippen molar-refractivity contribution in [2.24, 2.45) is 28.7 Å². The Hall–Kier alpha value is -8.19. The number of allylic oxidation sites excluding steroid dienone is 8. The Balaban J connectivity index is 1.16. The summed E-state index contributed by atoms with van der Waals surface area (Å²) in [6.07, 6.45) is -32.0. The van der Waals surface area contributed by atoms with Gasteiger partial charge in [0.25, 0.3) is 5.69 Å². The highest BCUT2D eigenvalue weighted by Crippen LogP contribution is 2.50. The summed E-state index contributed by atoms with van der Waals surface area (Å²) >= 11 is 0. The van der Waals surface area contributed by atoms with Crippen LogP contribution >= 0.6 is 7.82 Å². The van der Waals surface area contributed by atoms with E-state index in [2.05, 4.69) is 80.1 Å². The van der Waals surface area contributed by atoms with Gasteiger partial charge in [0.1, 0.15) is 72.7 Å². The van der Waals surface area contributed by atoms with Gasteiger partial charge in [-0.25, -0.2) is 23.8 Å². The Labute approximate surface area is 701 Å². The topological polar surface area (TPSA) is 668 Å². The number of aromatic nitrogens is 3. The molecule has 1 aromatic heterocycles. The number of aliphatic hydroxyl groups is 10. The number of Topliss-reactive ketones (excluding diaryl/α,β-unsaturated/α-hetero) is 1. The van der Waals surface area contributed by atoms with Crippen molar-refractivity contribution in [2.75, 3.05) is 26.4 Å². The lowest BCUT2D eigenvalue weighted by molar-refractivity contribution is -0.384. The largest absolute Gasteiger partial charge is 0.481 e. The van der Waals surface area contributed by atoms with Crippen molar-refractivity contribution in [1.29, 1.82) is 0 Å². The van der Waals surface area contributed by atoms with Gasteiger partial charge in [0, 0.05) is 56.4 Å². The zero-order valence-electron chi connectivity index (χ0n) is 69.1. The van der Waals surface area contributed by atoms with Crippen LogP contribution in [0.2, 0.25) is 0 Å². The number of nitro benzene ring substituents is 1. The Morgan fingerprint density at radius 1 is 0.770 bits per heavy atom. The maximum absolute atomic E-state index is 14.2. The highest BCUT2D eigenvalue weighted by molar-refractivity contribution is 7.47. The molecule has 5 fully saturated rings. The molecule has 0 radical (unpaired) electrons. The zero-order valence-corrected chi connectivity index (χ0v) is 70.0. The van der Waals surface area contributed by atoms with Crippen molar-refractivity contribution in [3.05, 3.63) is 105 Å². The molecule has 0 spiro atoms. The summed E-state index contributed by atoms with van der Waals surface area (Å²) in [5, 5.41) is 156. The minimum absolute atomic E-state index is 0.154. The van der Waals surface area contributed by atoms with E-state index in [-0.39, 0.29) is 30.4 Å². The number of ether oxygens (including phenoxy) is 9. The fourth-order valence-electron chi connectivity index (χ4n) is 14.7. The lowest BCUT2D eigenvalue weighted by Crippen LogP contribution is -2.71. The minimum atomic E-state index is -5.84. The van der Waals surface area contributed by atoms with Gasteiger partial charge in [0.2, 0.25) is 29.3 Å². The number of aliphatic hydroxyl groups excluding tert-OH is 9. The molecule has 2 aliphatic carbocycles. The van der Waals surface area contributed by atoms with E-state index < -0.39 is 275 Å². The number of carbonyl (C=O) groups excluding carboxylic acids is 6. The maximum atomic E-state index is 14.2. The predicted octanol–water partition coefficient (Wildman–Crippen LogP) is 0.772. The molecule has 3 aliphatic heterocycles. The molecule has 27 atom stereocenters. The van der Waals surface area contributed by atoms with Crippen molar-refractivity contribution in [1.82, 2.24) is 25.4 Å². The third-order valence-corrected chi connectivity index (χ3v) is 22.5. The number of carbonyl (C=O) groups is 8. The number of carboxylic acids is 2. The van der Waals surface area contributed by atoms with Gasteiger partial charge in [-0.05, 0) is 111 Å². The van der Waals surface area contributed by atoms with E-state index in [9.17, 15) is 119 Å². The first kappa shape index (κ1) is 101. The smallest absolute Gasteiger partial charge is 0.474 e. The third kappa shape index (κ3) is 27.2. The number of hydrogen-bond acceptors (Lipinski definition) is 34. The molecule has 27 unspecified atom stereocenters. The van der Waals surface area contributed by atoms with Gasteiger partial charge < -0.3 is 131 Å². The van der Waals surface area contributed by atoms with Gasteiger partial charge in [0.15, 0.2) is 49.3 Å². The molecule has 4 heterocycles. The Morgan fingerprint density at radius 2 is 1.40 bits per heavy atom. The van der Waals surface area contributed by atoms with Crippen LogP contribution in [0.1, 0.15) is 173 Å². The summed E-state index contributed by atoms with van der Waals surface area (Å²) in [7, 11) is -5.84. The fourth-order valence-corrected chi connectivity index (χ4v) is 15.5. The van der Waals surface area contributed by atoms with Gasteiger partial charge in [0.05, 0.1) is 73.4 Å². The molecule has 3 saturated heterocycles. The molecular weight excluding hydrogens is 1640 g/mol. The number of nitrogens with two attached hydrogens (primary N) is 2. The summed E-state index contributed by atoms with van der Waals surface area (Å²) in [6.45, 7) is 17.4. The molecule has 682 valence electrons. The highest BCUT2D eigenvalue weighted by Gasteiger charge is 2.62. The van der Waals surface area contributed by atoms with Gasteiger partial charge in [-0.15, -0.1) is 5.10 Å². The number of aldehydes is 1. The monoisotopic (exact) mass is 1750 g/mol. The number of aliphatic carboxylic acids is 2. The normalized spacial score (nSPS) is 32.3. The second-order valence-electron chi connectivity index (χ2n) is 32.2. The number of nitro groups is 1. The van der Waals surface area contributed by atoms with E-state index in [1.54, 1.807) is 13.0 Å². The van der Waals surface area contributed by atoms with Gasteiger partial charge in [-0.2, -0.15) is 0 Å². The number of benzene rings is 1. The number of rotatable bonds is 43. The van der Waals surface area contributed by atoms with Crippen LogP contribution in [0, 0.1) is 27.4 Å². The summed E-state index contributed by atoms with van der Waals surface area (Å²) in [6, 6.07) is -1.07. The zero-order chi connectivity index (χ0) is 90.9. The van der Waals surface area contributed by atoms with Gasteiger partial charge >= 0.3 is 25.9 Å². The number of nitrogens with zero attached hydrogens (tertiary/aromatic N) is 4. The van der Waals surface area contributed by atoms with E-state index in [0.717, 1.165) is 82.2 Å². The van der Waals surface area contributed by atoms with E-state index in [0.29, 0.717) is 17.5 Å². The number of amides is 4. The SMILES string of the molecule is C=C(C/C=C(\C)CCC=C(C)C)CCC(C)(C)/C=C/CC/C(C)=C/COC(COP(=O)(O)OC1OC(C(N)=O)C(C)(O)C(OC(N)=O)C1OC1CC(COC2CC(CO)C(O)C(O)C2O)C(OC2OC(C)C(OC3OC(c4nc(C(=O)CCC(=O)O)nn4-c4ccc([N+](=O)[O-])cc4C=O)C(O)C(O)C3O)C(O)C2NC(C)=O)C(O)C1NC(C)=O)C(=O)O. The Bertz CT molecular complexity index is 4170. The Morgan fingerprint density at radius 3 is 2.02 bits per heavy atom. The Kier molecular flexibility index (Phi) is 36.9. The van der Waals surface area contributed by atoms with Crippen LogP contribution in [0.4, 0.5) is 10.5 Å². The first-order valence-corrected chi connectivity index (χ1v) is 41.0. The van der Waals surface area contributed by atoms with Crippen LogP contribution in [0.15, 0.2) is 77.5 Å². The quantitative estimate of drug-likeness (QED) is 0.0109. The summed E-state index contributed by atoms with van der Waals surface area (Å²) < 4.78 is 80.0. The summed E-state index contributed by atoms with van der Waals surface area (Å²) in [5.41, 5.74) is 11.3. The molecule has 43 nitrogen and oxygen atoms in total. The lowest BCUT2D eigenvalue weighted by Gasteiger charge is -2.52. The van der Waals surface area contributed by atoms with E-state index in [1.807, 2.05) is 6.08 Å². The molecule has 2 saturated carbocycles. The lowest BCUT2D eigenvalue weighted by atomic mass is 9.78. The fraction of sp³-hybridized carbons (Fsp3) is 0.667. The number of ketones is 1. The van der Waals surface area contributed by atoms with Gasteiger partial charge in [-0.3, -0.25) is 47.9 Å². The molecule has 122 heavy (non-hydrogen) atoms. The number of phosphoric acid groups is 1. The molecular formula is C78H115N8O35P. The van der Waals surface area contributed by atoms with Crippen LogP contribution in [0.3, 0.4) is 0 Å². The van der Waals surface area contributed by atoms with Crippen LogP contribution in [-0.4, -0.2) is 300 Å². The molecule has 7 rings (SSSR count). The van der Waals surface area contributed by atoms with Crippen LogP contribution in [0.5, 0.6) is 0 Å². The number of phosphoric ester groups is 1. The van der Waals surface area contributed by atoms with Crippen LogP contribution < -0.4 is 22.1 Å². The number of non-ortho nitro benzene ring substituents is 1.